The maximum atomic E-state index is 5.59. The lowest BCUT2D eigenvalue weighted by Crippen LogP contribution is -2.47. The first kappa shape index (κ1) is 13.9. The molecule has 1 aromatic rings. The first-order valence-electron chi connectivity index (χ1n) is 7.87. The standard InChI is InChI=1S/C16H21BrN2O2/c17-13-9-15-14(20-10-21-15)8-12(13)16(11-2-1-3-11)19-6-4-18-5-7-19/h8-9,11,16,18H,1-7,10H2/t16-/m1/s1. The summed E-state index contributed by atoms with van der Waals surface area (Å²) in [7, 11) is 0. The predicted octanol–water partition coefficient (Wildman–Crippen LogP) is 2.92. The van der Waals surface area contributed by atoms with Crippen molar-refractivity contribution < 1.29 is 9.47 Å². The van der Waals surface area contributed by atoms with Crippen molar-refractivity contribution in [2.24, 2.45) is 5.92 Å². The fourth-order valence-corrected chi connectivity index (χ4v) is 4.18. The van der Waals surface area contributed by atoms with Gasteiger partial charge >= 0.3 is 0 Å². The van der Waals surface area contributed by atoms with Crippen LogP contribution in [0.3, 0.4) is 0 Å². The van der Waals surface area contributed by atoms with E-state index in [9.17, 15) is 0 Å². The number of nitrogens with one attached hydrogen (secondary N) is 1. The Morgan fingerprint density at radius 1 is 1.14 bits per heavy atom. The normalized spacial score (nSPS) is 23.9. The van der Waals surface area contributed by atoms with Gasteiger partial charge in [-0.3, -0.25) is 4.90 Å². The van der Waals surface area contributed by atoms with Crippen molar-refractivity contribution in [2.45, 2.75) is 25.3 Å². The van der Waals surface area contributed by atoms with Crippen molar-refractivity contribution in [1.82, 2.24) is 10.2 Å². The van der Waals surface area contributed by atoms with Gasteiger partial charge in [0.2, 0.25) is 6.79 Å². The van der Waals surface area contributed by atoms with Crippen LogP contribution in [0.1, 0.15) is 30.9 Å². The highest BCUT2D eigenvalue weighted by molar-refractivity contribution is 9.10. The van der Waals surface area contributed by atoms with Gasteiger partial charge in [0, 0.05) is 36.7 Å². The second-order valence-electron chi connectivity index (χ2n) is 6.15. The first-order valence-corrected chi connectivity index (χ1v) is 8.66. The van der Waals surface area contributed by atoms with E-state index in [0.29, 0.717) is 12.8 Å². The van der Waals surface area contributed by atoms with Gasteiger partial charge in [0.15, 0.2) is 11.5 Å². The van der Waals surface area contributed by atoms with Gasteiger partial charge in [-0.15, -0.1) is 0 Å². The van der Waals surface area contributed by atoms with Gasteiger partial charge < -0.3 is 14.8 Å². The Morgan fingerprint density at radius 2 is 1.86 bits per heavy atom. The second-order valence-corrected chi connectivity index (χ2v) is 7.00. The number of rotatable bonds is 3. The molecule has 0 unspecified atom stereocenters. The number of piperazine rings is 1. The van der Waals surface area contributed by atoms with E-state index in [1.165, 1.54) is 24.8 Å². The molecule has 0 amide bonds. The van der Waals surface area contributed by atoms with Gasteiger partial charge in [0.05, 0.1) is 0 Å². The molecule has 1 aromatic carbocycles. The zero-order valence-electron chi connectivity index (χ0n) is 12.1. The number of fused-ring (bicyclic) bond motifs is 1. The van der Waals surface area contributed by atoms with E-state index in [2.05, 4.69) is 38.3 Å². The van der Waals surface area contributed by atoms with Crippen LogP contribution in [0.2, 0.25) is 0 Å². The summed E-state index contributed by atoms with van der Waals surface area (Å²) in [6.45, 7) is 4.77. The minimum absolute atomic E-state index is 0.340. The lowest BCUT2D eigenvalue weighted by atomic mass is 9.76. The Labute approximate surface area is 133 Å². The van der Waals surface area contributed by atoms with Crippen molar-refractivity contribution >= 4 is 15.9 Å². The molecule has 2 fully saturated rings. The van der Waals surface area contributed by atoms with Crippen LogP contribution >= 0.6 is 15.9 Å². The SMILES string of the molecule is Brc1cc2c(cc1[C@@H](C1CCC1)N1CCNCC1)OCO2. The summed E-state index contributed by atoms with van der Waals surface area (Å²) in [5.74, 6) is 2.53. The number of halogens is 1. The van der Waals surface area contributed by atoms with Crippen LogP contribution < -0.4 is 14.8 Å². The molecule has 4 rings (SSSR count). The molecule has 0 bridgehead atoms. The molecule has 4 nitrogen and oxygen atoms in total. The van der Waals surface area contributed by atoms with Crippen LogP contribution in [0.15, 0.2) is 16.6 Å². The quantitative estimate of drug-likeness (QED) is 0.906. The number of nitrogens with zero attached hydrogens (tertiary/aromatic N) is 1. The third kappa shape index (κ3) is 2.56. The van der Waals surface area contributed by atoms with Crippen LogP contribution in [0.25, 0.3) is 0 Å². The van der Waals surface area contributed by atoms with Crippen molar-refractivity contribution in [3.8, 4) is 11.5 Å². The number of hydrogen-bond donors (Lipinski definition) is 1. The molecule has 1 saturated carbocycles. The van der Waals surface area contributed by atoms with Crippen molar-refractivity contribution in [2.75, 3.05) is 33.0 Å². The summed E-state index contributed by atoms with van der Waals surface area (Å²) in [5, 5.41) is 3.45. The van der Waals surface area contributed by atoms with Crippen LogP contribution in [-0.2, 0) is 0 Å². The van der Waals surface area contributed by atoms with E-state index in [-0.39, 0.29) is 0 Å². The topological polar surface area (TPSA) is 33.7 Å². The van der Waals surface area contributed by atoms with E-state index in [4.69, 9.17) is 9.47 Å². The monoisotopic (exact) mass is 352 g/mol. The van der Waals surface area contributed by atoms with Crippen molar-refractivity contribution in [3.05, 3.63) is 22.2 Å². The summed E-state index contributed by atoms with van der Waals surface area (Å²) in [6.07, 6.45) is 4.06. The van der Waals surface area contributed by atoms with Gasteiger partial charge in [-0.2, -0.15) is 0 Å². The van der Waals surface area contributed by atoms with Crippen LogP contribution in [-0.4, -0.2) is 37.9 Å². The molecule has 0 radical (unpaired) electrons. The summed E-state index contributed by atoms with van der Waals surface area (Å²) in [6, 6.07) is 4.77. The maximum Gasteiger partial charge on any atom is 0.231 e. The molecule has 0 spiro atoms. The van der Waals surface area contributed by atoms with E-state index in [1.54, 1.807) is 0 Å². The molecule has 2 heterocycles. The van der Waals surface area contributed by atoms with Gasteiger partial charge in [-0.05, 0) is 36.5 Å². The third-order valence-corrected chi connectivity index (χ3v) is 5.64. The van der Waals surface area contributed by atoms with Crippen LogP contribution in [0.4, 0.5) is 0 Å². The lowest BCUT2D eigenvalue weighted by Gasteiger charge is -2.43. The van der Waals surface area contributed by atoms with Crippen LogP contribution in [0.5, 0.6) is 11.5 Å². The number of ether oxygens (including phenoxy) is 2. The Kier molecular flexibility index (Phi) is 3.81. The Bertz CT molecular complexity index is 527. The van der Waals surface area contributed by atoms with E-state index < -0.39 is 0 Å². The molecule has 1 N–H and O–H groups in total. The Morgan fingerprint density at radius 3 is 2.52 bits per heavy atom. The molecule has 5 heteroatoms. The average molecular weight is 353 g/mol. The fraction of sp³-hybridized carbons (Fsp3) is 0.625. The van der Waals surface area contributed by atoms with Gasteiger partial charge in [0.25, 0.3) is 0 Å². The molecule has 1 atom stereocenters. The lowest BCUT2D eigenvalue weighted by molar-refractivity contribution is 0.0831. The highest BCUT2D eigenvalue weighted by atomic mass is 79.9. The number of hydrogen-bond acceptors (Lipinski definition) is 4. The highest BCUT2D eigenvalue weighted by Crippen LogP contribution is 2.47. The molecular formula is C16H21BrN2O2. The average Bonchev–Trinajstić information content (AvgIpc) is 2.90. The fourth-order valence-electron chi connectivity index (χ4n) is 3.62. The second kappa shape index (κ2) is 5.78. The van der Waals surface area contributed by atoms with E-state index in [1.807, 2.05) is 0 Å². The summed E-state index contributed by atoms with van der Waals surface area (Å²) < 4.78 is 12.2. The molecule has 21 heavy (non-hydrogen) atoms. The largest absolute Gasteiger partial charge is 0.454 e. The zero-order valence-corrected chi connectivity index (χ0v) is 13.7. The molecule has 1 aliphatic carbocycles. The Balaban J connectivity index is 1.69. The van der Waals surface area contributed by atoms with Gasteiger partial charge in [-0.1, -0.05) is 22.4 Å². The molecule has 114 valence electrons. The molecule has 0 aromatic heterocycles. The predicted molar refractivity (Wildman–Crippen MR) is 84.8 cm³/mol. The summed E-state index contributed by atoms with van der Waals surface area (Å²) in [5.41, 5.74) is 1.37. The molecule has 1 saturated heterocycles. The summed E-state index contributed by atoms with van der Waals surface area (Å²) in [4.78, 5) is 2.64. The van der Waals surface area contributed by atoms with Crippen molar-refractivity contribution in [1.29, 1.82) is 0 Å². The molecular weight excluding hydrogens is 332 g/mol. The minimum Gasteiger partial charge on any atom is -0.454 e. The van der Waals surface area contributed by atoms with Crippen LogP contribution in [0, 0.1) is 5.92 Å². The highest BCUT2D eigenvalue weighted by Gasteiger charge is 2.35. The third-order valence-electron chi connectivity index (χ3n) is 4.95. The maximum absolute atomic E-state index is 5.59. The summed E-state index contributed by atoms with van der Waals surface area (Å²) >= 11 is 3.76. The van der Waals surface area contributed by atoms with E-state index in [0.717, 1.165) is 48.1 Å². The smallest absolute Gasteiger partial charge is 0.231 e. The first-order chi connectivity index (χ1) is 10.3. The molecule has 2 aliphatic heterocycles. The Hall–Kier alpha value is -0.780. The van der Waals surface area contributed by atoms with Gasteiger partial charge in [0.1, 0.15) is 0 Å². The minimum atomic E-state index is 0.340. The zero-order chi connectivity index (χ0) is 14.2. The van der Waals surface area contributed by atoms with Crippen molar-refractivity contribution in [3.63, 3.8) is 0 Å². The molecule has 3 aliphatic rings. The number of benzene rings is 1. The van der Waals surface area contributed by atoms with E-state index >= 15 is 0 Å². The van der Waals surface area contributed by atoms with Gasteiger partial charge in [-0.25, -0.2) is 0 Å².